The first kappa shape index (κ1) is 19.8. The van der Waals surface area contributed by atoms with Gasteiger partial charge in [0.25, 0.3) is 5.69 Å². The van der Waals surface area contributed by atoms with Gasteiger partial charge in [-0.1, -0.05) is 30.3 Å². The number of aromatic hydroxyl groups is 2. The molecular weight excluding hydrogens is 372 g/mol. The number of nitro groups is 1. The number of phenolic OH excluding ortho intramolecular Hbond substituents is 2. The number of benzene rings is 3. The Bertz CT molecular complexity index is 1040. The lowest BCUT2D eigenvalue weighted by atomic mass is 10.2. The molecule has 0 aliphatic rings. The summed E-state index contributed by atoms with van der Waals surface area (Å²) in [5.74, 6) is -0.321. The second-order valence-corrected chi connectivity index (χ2v) is 6.30. The van der Waals surface area contributed by atoms with Crippen LogP contribution in [0.5, 0.6) is 11.5 Å². The van der Waals surface area contributed by atoms with E-state index in [-0.39, 0.29) is 28.6 Å². The number of nitro benzene ring substituents is 1. The number of non-ortho nitro benzene ring substituents is 1. The van der Waals surface area contributed by atoms with Crippen LogP contribution in [-0.4, -0.2) is 21.7 Å². The third kappa shape index (κ3) is 4.86. The van der Waals surface area contributed by atoms with Gasteiger partial charge >= 0.3 is 0 Å². The summed E-state index contributed by atoms with van der Waals surface area (Å²) < 4.78 is 0. The summed E-state index contributed by atoms with van der Waals surface area (Å²) in [5.41, 5.74) is 1.90. The second kappa shape index (κ2) is 8.83. The normalized spacial score (nSPS) is 10.9. The number of nitrogens with zero attached hydrogens (tertiary/aromatic N) is 4. The van der Waals surface area contributed by atoms with E-state index in [1.54, 1.807) is 12.1 Å². The number of rotatable bonds is 7. The van der Waals surface area contributed by atoms with E-state index in [1.807, 2.05) is 43.3 Å². The molecule has 0 bridgehead atoms. The van der Waals surface area contributed by atoms with Crippen molar-refractivity contribution in [2.24, 2.45) is 10.2 Å². The molecule has 0 heterocycles. The first-order valence-electron chi connectivity index (χ1n) is 8.99. The van der Waals surface area contributed by atoms with Crippen molar-refractivity contribution in [3.63, 3.8) is 0 Å². The van der Waals surface area contributed by atoms with E-state index in [2.05, 4.69) is 15.1 Å². The Morgan fingerprint density at radius 1 is 0.931 bits per heavy atom. The van der Waals surface area contributed by atoms with E-state index in [9.17, 15) is 20.3 Å². The molecule has 0 saturated carbocycles. The highest BCUT2D eigenvalue weighted by atomic mass is 16.6. The maximum absolute atomic E-state index is 10.9. The van der Waals surface area contributed by atoms with Crippen molar-refractivity contribution in [3.05, 3.63) is 82.4 Å². The monoisotopic (exact) mass is 392 g/mol. The molecule has 3 rings (SSSR count). The molecule has 0 radical (unpaired) electrons. The van der Waals surface area contributed by atoms with E-state index in [4.69, 9.17) is 0 Å². The van der Waals surface area contributed by atoms with E-state index in [1.165, 1.54) is 12.1 Å². The van der Waals surface area contributed by atoms with E-state index < -0.39 is 4.92 Å². The smallest absolute Gasteiger partial charge is 0.271 e. The highest BCUT2D eigenvalue weighted by molar-refractivity contribution is 5.62. The van der Waals surface area contributed by atoms with Crippen molar-refractivity contribution in [1.29, 1.82) is 0 Å². The highest BCUT2D eigenvalue weighted by Gasteiger charge is 2.11. The highest BCUT2D eigenvalue weighted by Crippen LogP contribution is 2.35. The average molecular weight is 392 g/mol. The molecule has 3 aromatic carbocycles. The van der Waals surface area contributed by atoms with Crippen LogP contribution in [0.4, 0.5) is 22.7 Å². The predicted octanol–water partition coefficient (Wildman–Crippen LogP) is 5.45. The summed E-state index contributed by atoms with van der Waals surface area (Å²) in [6.07, 6.45) is 0. The fourth-order valence-electron chi connectivity index (χ4n) is 2.80. The number of phenols is 2. The summed E-state index contributed by atoms with van der Waals surface area (Å²) in [6, 6.07) is 18.5. The van der Waals surface area contributed by atoms with Gasteiger partial charge in [0.05, 0.1) is 4.92 Å². The minimum absolute atomic E-state index is 0.0538. The molecule has 0 aliphatic heterocycles. The Morgan fingerprint density at radius 3 is 2.31 bits per heavy atom. The third-order valence-electron chi connectivity index (χ3n) is 4.36. The Labute approximate surface area is 167 Å². The van der Waals surface area contributed by atoms with Crippen LogP contribution in [0.15, 0.2) is 77.0 Å². The molecule has 8 heteroatoms. The lowest BCUT2D eigenvalue weighted by Crippen LogP contribution is -2.21. The molecule has 3 aromatic rings. The number of anilines is 1. The molecule has 0 saturated heterocycles. The van der Waals surface area contributed by atoms with Crippen molar-refractivity contribution in [2.75, 3.05) is 11.4 Å². The zero-order chi connectivity index (χ0) is 20.8. The van der Waals surface area contributed by atoms with Crippen molar-refractivity contribution >= 4 is 22.7 Å². The van der Waals surface area contributed by atoms with E-state index >= 15 is 0 Å². The zero-order valence-corrected chi connectivity index (χ0v) is 15.8. The molecule has 148 valence electrons. The van der Waals surface area contributed by atoms with Gasteiger partial charge in [-0.05, 0) is 30.7 Å². The quantitative estimate of drug-likeness (QED) is 0.315. The largest absolute Gasteiger partial charge is 0.506 e. The summed E-state index contributed by atoms with van der Waals surface area (Å²) >= 11 is 0. The molecular formula is C21H20N4O4. The fourth-order valence-corrected chi connectivity index (χ4v) is 2.80. The molecule has 0 fully saturated rings. The first-order chi connectivity index (χ1) is 14.0. The molecule has 0 amide bonds. The lowest BCUT2D eigenvalue weighted by molar-refractivity contribution is -0.384. The lowest BCUT2D eigenvalue weighted by Gasteiger charge is -2.23. The summed E-state index contributed by atoms with van der Waals surface area (Å²) in [5, 5.41) is 38.8. The Hall–Kier alpha value is -3.94. The molecule has 8 nitrogen and oxygen atoms in total. The average Bonchev–Trinajstić information content (AvgIpc) is 2.72. The molecule has 0 aromatic heterocycles. The minimum Gasteiger partial charge on any atom is -0.506 e. The molecule has 0 unspecified atom stereocenters. The molecule has 0 atom stereocenters. The second-order valence-electron chi connectivity index (χ2n) is 6.30. The fraction of sp³-hybridized carbons (Fsp3) is 0.143. The van der Waals surface area contributed by atoms with Crippen molar-refractivity contribution in [2.45, 2.75) is 13.5 Å². The summed E-state index contributed by atoms with van der Waals surface area (Å²) in [4.78, 5) is 12.4. The zero-order valence-electron chi connectivity index (χ0n) is 15.8. The van der Waals surface area contributed by atoms with Crippen molar-refractivity contribution < 1.29 is 15.1 Å². The van der Waals surface area contributed by atoms with Crippen LogP contribution >= 0.6 is 0 Å². The van der Waals surface area contributed by atoms with Gasteiger partial charge in [0.15, 0.2) is 0 Å². The summed E-state index contributed by atoms with van der Waals surface area (Å²) in [6.45, 7) is 3.47. The van der Waals surface area contributed by atoms with Gasteiger partial charge < -0.3 is 15.1 Å². The molecule has 0 spiro atoms. The Kier molecular flexibility index (Phi) is 6.03. The first-order valence-corrected chi connectivity index (χ1v) is 8.99. The van der Waals surface area contributed by atoms with Gasteiger partial charge in [-0.3, -0.25) is 10.1 Å². The number of hydrogen-bond donors (Lipinski definition) is 2. The van der Waals surface area contributed by atoms with E-state index in [0.29, 0.717) is 6.54 Å². The van der Waals surface area contributed by atoms with Crippen LogP contribution in [0.25, 0.3) is 0 Å². The number of hydrogen-bond acceptors (Lipinski definition) is 7. The minimum atomic E-state index is -0.587. The third-order valence-corrected chi connectivity index (χ3v) is 4.36. The predicted molar refractivity (Wildman–Crippen MR) is 110 cm³/mol. The van der Waals surface area contributed by atoms with Gasteiger partial charge in [-0.15, -0.1) is 10.2 Å². The molecule has 0 aliphatic carbocycles. The number of azo groups is 1. The maximum Gasteiger partial charge on any atom is 0.271 e. The van der Waals surface area contributed by atoms with Gasteiger partial charge in [0, 0.05) is 37.0 Å². The Morgan fingerprint density at radius 2 is 1.66 bits per heavy atom. The van der Waals surface area contributed by atoms with Gasteiger partial charge in [0.1, 0.15) is 22.9 Å². The van der Waals surface area contributed by atoms with Crippen LogP contribution in [0, 0.1) is 10.1 Å². The summed E-state index contributed by atoms with van der Waals surface area (Å²) in [7, 11) is 0. The van der Waals surface area contributed by atoms with Crippen LogP contribution in [-0.2, 0) is 6.54 Å². The van der Waals surface area contributed by atoms with Gasteiger partial charge in [-0.2, -0.15) is 0 Å². The van der Waals surface area contributed by atoms with E-state index in [0.717, 1.165) is 23.9 Å². The topological polar surface area (TPSA) is 112 Å². The maximum atomic E-state index is 10.9. The van der Waals surface area contributed by atoms with Gasteiger partial charge in [0.2, 0.25) is 0 Å². The molecule has 2 N–H and O–H groups in total. The van der Waals surface area contributed by atoms with Crippen LogP contribution in [0.2, 0.25) is 0 Å². The van der Waals surface area contributed by atoms with Crippen molar-refractivity contribution in [3.8, 4) is 11.5 Å². The van der Waals surface area contributed by atoms with Crippen LogP contribution in [0.1, 0.15) is 12.5 Å². The molecule has 29 heavy (non-hydrogen) atoms. The van der Waals surface area contributed by atoms with Crippen molar-refractivity contribution in [1.82, 2.24) is 0 Å². The van der Waals surface area contributed by atoms with Gasteiger partial charge in [-0.25, -0.2) is 0 Å². The Balaban J connectivity index is 1.81. The van der Waals surface area contributed by atoms with Crippen LogP contribution in [0.3, 0.4) is 0 Å². The standard InChI is InChI=1S/C21H20N4O4/c1-2-24(14-15-6-4-3-5-7-15)16-8-10-18(21(27)13-16)22-23-19-12-17(25(28)29)9-11-20(19)26/h3-13,26-27H,2,14H2,1H3. The SMILES string of the molecule is CCN(Cc1ccccc1)c1ccc(N=Nc2cc([N+](=O)[O-])ccc2O)c(O)c1. The van der Waals surface area contributed by atoms with Crippen LogP contribution < -0.4 is 4.90 Å².